The van der Waals surface area contributed by atoms with Crippen LogP contribution in [0.5, 0.6) is 5.75 Å². The number of ether oxygens (including phenoxy) is 1. The monoisotopic (exact) mass is 342 g/mol. The molecule has 1 N–H and O–H groups in total. The van der Waals surface area contributed by atoms with Gasteiger partial charge in [0, 0.05) is 24.7 Å². The summed E-state index contributed by atoms with van der Waals surface area (Å²) in [7, 11) is -3.10. The molecule has 0 aliphatic carbocycles. The second-order valence-electron chi connectivity index (χ2n) is 6.41. The molecule has 0 radical (unpaired) electrons. The van der Waals surface area contributed by atoms with Gasteiger partial charge >= 0.3 is 0 Å². The van der Waals surface area contributed by atoms with Crippen molar-refractivity contribution >= 4 is 10.0 Å². The summed E-state index contributed by atoms with van der Waals surface area (Å²) in [4.78, 5) is 0. The second kappa shape index (κ2) is 6.75. The van der Waals surface area contributed by atoms with Crippen molar-refractivity contribution in [3.05, 3.63) is 29.6 Å². The molecule has 1 saturated heterocycles. The summed E-state index contributed by atoms with van der Waals surface area (Å²) in [6.45, 7) is 2.52. The average Bonchev–Trinajstić information content (AvgIpc) is 2.88. The standard InChI is InChI=1S/C16H23FN2O3S/c1-23(20,21)19-7-6-12(11-19)10-18-15-3-2-8-22-16-5-4-13(17)9-14(15)16/h4-5,9,12,15,18H,2-3,6-8,10-11H2,1H3/t12-,15+/m1/s1. The third kappa shape index (κ3) is 4.02. The molecule has 1 aromatic carbocycles. The number of hydrogen-bond acceptors (Lipinski definition) is 4. The van der Waals surface area contributed by atoms with E-state index in [2.05, 4.69) is 5.32 Å². The molecule has 2 atom stereocenters. The van der Waals surface area contributed by atoms with E-state index in [0.29, 0.717) is 25.6 Å². The quantitative estimate of drug-likeness (QED) is 0.908. The number of halogens is 1. The molecule has 3 rings (SSSR count). The van der Waals surface area contributed by atoms with Gasteiger partial charge in [-0.2, -0.15) is 0 Å². The minimum atomic E-state index is -3.10. The van der Waals surface area contributed by atoms with Crippen LogP contribution in [-0.2, 0) is 10.0 Å². The molecular weight excluding hydrogens is 319 g/mol. The fourth-order valence-corrected chi connectivity index (χ4v) is 4.25. The van der Waals surface area contributed by atoms with Crippen molar-refractivity contribution in [1.82, 2.24) is 9.62 Å². The first-order valence-corrected chi connectivity index (χ1v) is 9.89. The van der Waals surface area contributed by atoms with Crippen LogP contribution in [0, 0.1) is 11.7 Å². The lowest BCUT2D eigenvalue weighted by atomic mass is 10.0. The zero-order chi connectivity index (χ0) is 16.4. The summed E-state index contributed by atoms with van der Waals surface area (Å²) < 4.78 is 43.9. The summed E-state index contributed by atoms with van der Waals surface area (Å²) >= 11 is 0. The molecule has 7 heteroatoms. The van der Waals surface area contributed by atoms with Gasteiger partial charge < -0.3 is 10.1 Å². The van der Waals surface area contributed by atoms with E-state index in [1.807, 2.05) is 0 Å². The molecule has 128 valence electrons. The highest BCUT2D eigenvalue weighted by Gasteiger charge is 2.29. The molecule has 2 aliphatic rings. The first kappa shape index (κ1) is 16.7. The Labute approximate surface area is 136 Å². The number of hydrogen-bond donors (Lipinski definition) is 1. The van der Waals surface area contributed by atoms with E-state index >= 15 is 0 Å². The zero-order valence-electron chi connectivity index (χ0n) is 13.3. The molecule has 1 fully saturated rings. The van der Waals surface area contributed by atoms with Crippen LogP contribution < -0.4 is 10.1 Å². The number of nitrogens with zero attached hydrogens (tertiary/aromatic N) is 1. The molecular formula is C16H23FN2O3S. The maximum Gasteiger partial charge on any atom is 0.211 e. The van der Waals surface area contributed by atoms with Gasteiger partial charge in [0.15, 0.2) is 0 Å². The Morgan fingerprint density at radius 3 is 2.96 bits per heavy atom. The van der Waals surface area contributed by atoms with Crippen LogP contribution in [0.15, 0.2) is 18.2 Å². The molecule has 0 saturated carbocycles. The minimum absolute atomic E-state index is 0.0514. The van der Waals surface area contributed by atoms with Crippen LogP contribution in [0.25, 0.3) is 0 Å². The topological polar surface area (TPSA) is 58.6 Å². The van der Waals surface area contributed by atoms with Crippen molar-refractivity contribution in [2.24, 2.45) is 5.92 Å². The molecule has 0 bridgehead atoms. The van der Waals surface area contributed by atoms with Crippen molar-refractivity contribution in [1.29, 1.82) is 0 Å². The maximum absolute atomic E-state index is 13.6. The molecule has 1 aromatic rings. The van der Waals surface area contributed by atoms with Crippen LogP contribution in [-0.4, -0.2) is 45.2 Å². The van der Waals surface area contributed by atoms with E-state index in [1.54, 1.807) is 6.07 Å². The van der Waals surface area contributed by atoms with Crippen LogP contribution in [0.1, 0.15) is 30.9 Å². The van der Waals surface area contributed by atoms with Crippen molar-refractivity contribution < 1.29 is 17.5 Å². The summed E-state index contributed by atoms with van der Waals surface area (Å²) in [6, 6.07) is 4.69. The number of fused-ring (bicyclic) bond motifs is 1. The average molecular weight is 342 g/mol. The summed E-state index contributed by atoms with van der Waals surface area (Å²) in [5.74, 6) is 0.779. The Balaban J connectivity index is 1.64. The fraction of sp³-hybridized carbons (Fsp3) is 0.625. The van der Waals surface area contributed by atoms with E-state index in [0.717, 1.165) is 37.1 Å². The van der Waals surface area contributed by atoms with E-state index < -0.39 is 10.0 Å². The van der Waals surface area contributed by atoms with E-state index in [1.165, 1.54) is 22.7 Å². The van der Waals surface area contributed by atoms with Crippen LogP contribution in [0.4, 0.5) is 4.39 Å². The van der Waals surface area contributed by atoms with Gasteiger partial charge in [-0.1, -0.05) is 0 Å². The number of benzene rings is 1. The zero-order valence-corrected chi connectivity index (χ0v) is 14.1. The number of sulfonamides is 1. The van der Waals surface area contributed by atoms with Crippen molar-refractivity contribution in [3.8, 4) is 5.75 Å². The maximum atomic E-state index is 13.6. The molecule has 23 heavy (non-hydrogen) atoms. The van der Waals surface area contributed by atoms with E-state index in [-0.39, 0.29) is 11.9 Å². The van der Waals surface area contributed by atoms with Gasteiger partial charge in [0.1, 0.15) is 11.6 Å². The first-order valence-electron chi connectivity index (χ1n) is 8.04. The fourth-order valence-electron chi connectivity index (χ4n) is 3.33. The third-order valence-electron chi connectivity index (χ3n) is 4.61. The van der Waals surface area contributed by atoms with Gasteiger partial charge in [0.2, 0.25) is 10.0 Å². The minimum Gasteiger partial charge on any atom is -0.493 e. The molecule has 0 spiro atoms. The van der Waals surface area contributed by atoms with Crippen LogP contribution in [0.3, 0.4) is 0 Å². The summed E-state index contributed by atoms with van der Waals surface area (Å²) in [5, 5.41) is 3.49. The van der Waals surface area contributed by atoms with Crippen molar-refractivity contribution in [2.75, 3.05) is 32.5 Å². The Bertz CT molecular complexity index is 665. The smallest absolute Gasteiger partial charge is 0.211 e. The molecule has 0 aromatic heterocycles. The summed E-state index contributed by atoms with van der Waals surface area (Å²) in [6.07, 6.45) is 3.91. The van der Waals surface area contributed by atoms with E-state index in [9.17, 15) is 12.8 Å². The van der Waals surface area contributed by atoms with Gasteiger partial charge in [0.25, 0.3) is 0 Å². The number of nitrogens with one attached hydrogen (secondary N) is 1. The Morgan fingerprint density at radius 1 is 1.39 bits per heavy atom. The Kier molecular flexibility index (Phi) is 4.89. The second-order valence-corrected chi connectivity index (χ2v) is 8.39. The van der Waals surface area contributed by atoms with Crippen LogP contribution >= 0.6 is 0 Å². The predicted molar refractivity (Wildman–Crippen MR) is 86.4 cm³/mol. The van der Waals surface area contributed by atoms with Gasteiger partial charge in [-0.3, -0.25) is 0 Å². The lowest BCUT2D eigenvalue weighted by Gasteiger charge is -2.21. The van der Waals surface area contributed by atoms with Crippen molar-refractivity contribution in [2.45, 2.75) is 25.3 Å². The lowest BCUT2D eigenvalue weighted by molar-refractivity contribution is 0.314. The Hall–Kier alpha value is -1.18. The van der Waals surface area contributed by atoms with Crippen LogP contribution in [0.2, 0.25) is 0 Å². The molecule has 2 heterocycles. The van der Waals surface area contributed by atoms with Crippen molar-refractivity contribution in [3.63, 3.8) is 0 Å². The van der Waals surface area contributed by atoms with E-state index in [4.69, 9.17) is 4.74 Å². The van der Waals surface area contributed by atoms with Gasteiger partial charge in [-0.25, -0.2) is 17.1 Å². The first-order chi connectivity index (χ1) is 10.9. The van der Waals surface area contributed by atoms with Gasteiger partial charge in [-0.15, -0.1) is 0 Å². The highest BCUT2D eigenvalue weighted by Crippen LogP contribution is 2.32. The summed E-state index contributed by atoms with van der Waals surface area (Å²) in [5.41, 5.74) is 0.862. The van der Waals surface area contributed by atoms with Gasteiger partial charge in [-0.05, 0) is 49.9 Å². The molecule has 2 aliphatic heterocycles. The number of rotatable bonds is 4. The molecule has 0 amide bonds. The van der Waals surface area contributed by atoms with Gasteiger partial charge in [0.05, 0.1) is 12.9 Å². The largest absolute Gasteiger partial charge is 0.493 e. The highest BCUT2D eigenvalue weighted by atomic mass is 32.2. The SMILES string of the molecule is CS(=O)(=O)N1CC[C@H](CN[C@H]2CCCOc3ccc(F)cc32)C1. The highest BCUT2D eigenvalue weighted by molar-refractivity contribution is 7.88. The normalized spacial score (nSPS) is 25.7. The molecule has 0 unspecified atom stereocenters. The Morgan fingerprint density at radius 2 is 2.22 bits per heavy atom. The lowest BCUT2D eigenvalue weighted by Crippen LogP contribution is -2.31. The predicted octanol–water partition coefficient (Wildman–Crippen LogP) is 1.91. The third-order valence-corrected chi connectivity index (χ3v) is 5.88. The molecule has 5 nitrogen and oxygen atoms in total.